The van der Waals surface area contributed by atoms with Crippen LogP contribution in [0.2, 0.25) is 0 Å². The van der Waals surface area contributed by atoms with Crippen LogP contribution in [0, 0.1) is 13.8 Å². The summed E-state index contributed by atoms with van der Waals surface area (Å²) in [7, 11) is 0. The van der Waals surface area contributed by atoms with E-state index < -0.39 is 0 Å². The summed E-state index contributed by atoms with van der Waals surface area (Å²) in [6, 6.07) is 5.82. The second kappa shape index (κ2) is 7.15. The molecule has 0 radical (unpaired) electrons. The van der Waals surface area contributed by atoms with Crippen molar-refractivity contribution >= 4 is 40.2 Å². The first-order valence-electron chi connectivity index (χ1n) is 7.02. The molecule has 0 fully saturated rings. The number of aromatic nitrogens is 1. The van der Waals surface area contributed by atoms with Gasteiger partial charge >= 0.3 is 0 Å². The summed E-state index contributed by atoms with van der Waals surface area (Å²) < 4.78 is 0. The molecule has 6 nitrogen and oxygen atoms in total. The SMILES string of the molecule is CC(=O)N/N=C\c1csc(N(C(C)=O)c2cccc(C)c2C)n1. The molecule has 0 bridgehead atoms. The standard InChI is InChI=1S/C16H18N4O2S/c1-10-6-5-7-15(11(10)2)20(13(4)22)16-18-14(9-23-16)8-17-19-12(3)21/h5-9H,1-4H3,(H,19,21)/b17-8-. The highest BCUT2D eigenvalue weighted by atomic mass is 32.1. The molecule has 1 aromatic carbocycles. The number of hydrogen-bond donors (Lipinski definition) is 1. The van der Waals surface area contributed by atoms with Crippen molar-refractivity contribution in [3.63, 3.8) is 0 Å². The van der Waals surface area contributed by atoms with Crippen molar-refractivity contribution in [3.8, 4) is 0 Å². The lowest BCUT2D eigenvalue weighted by Crippen LogP contribution is -2.23. The number of carbonyl (C=O) groups excluding carboxylic acids is 2. The number of hydrogen-bond acceptors (Lipinski definition) is 5. The predicted octanol–water partition coefficient (Wildman–Crippen LogP) is 2.91. The van der Waals surface area contributed by atoms with Crippen LogP contribution >= 0.6 is 11.3 Å². The molecule has 2 aromatic rings. The van der Waals surface area contributed by atoms with Gasteiger partial charge in [0.2, 0.25) is 11.8 Å². The van der Waals surface area contributed by atoms with Gasteiger partial charge in [0.25, 0.3) is 0 Å². The highest BCUT2D eigenvalue weighted by Crippen LogP contribution is 2.32. The van der Waals surface area contributed by atoms with Crippen molar-refractivity contribution in [3.05, 3.63) is 40.4 Å². The van der Waals surface area contributed by atoms with Gasteiger partial charge in [-0.25, -0.2) is 10.4 Å². The topological polar surface area (TPSA) is 74.7 Å². The minimum Gasteiger partial charge on any atom is -0.274 e. The van der Waals surface area contributed by atoms with Gasteiger partial charge in [-0.05, 0) is 31.0 Å². The summed E-state index contributed by atoms with van der Waals surface area (Å²) >= 11 is 1.34. The molecule has 0 aliphatic carbocycles. The number of amides is 2. The number of nitrogens with zero attached hydrogens (tertiary/aromatic N) is 3. The van der Waals surface area contributed by atoms with Crippen LogP contribution in [-0.2, 0) is 9.59 Å². The Hall–Kier alpha value is -2.54. The zero-order valence-electron chi connectivity index (χ0n) is 13.5. The van der Waals surface area contributed by atoms with Crippen LogP contribution in [0.4, 0.5) is 10.8 Å². The predicted molar refractivity (Wildman–Crippen MR) is 92.3 cm³/mol. The average molecular weight is 330 g/mol. The van der Waals surface area contributed by atoms with E-state index in [4.69, 9.17) is 0 Å². The Morgan fingerprint density at radius 3 is 2.70 bits per heavy atom. The van der Waals surface area contributed by atoms with E-state index >= 15 is 0 Å². The quantitative estimate of drug-likeness (QED) is 0.692. The number of carbonyl (C=O) groups is 2. The van der Waals surface area contributed by atoms with E-state index in [0.717, 1.165) is 16.8 Å². The summed E-state index contributed by atoms with van der Waals surface area (Å²) in [4.78, 5) is 28.9. The van der Waals surface area contributed by atoms with Gasteiger partial charge in [0.1, 0.15) is 0 Å². The molecule has 2 rings (SSSR count). The third-order valence-electron chi connectivity index (χ3n) is 3.25. The third-order valence-corrected chi connectivity index (χ3v) is 4.10. The number of anilines is 2. The molecule has 7 heteroatoms. The molecule has 0 aliphatic rings. The fourth-order valence-electron chi connectivity index (χ4n) is 2.01. The molecule has 1 N–H and O–H groups in total. The lowest BCUT2D eigenvalue weighted by atomic mass is 10.1. The highest BCUT2D eigenvalue weighted by molar-refractivity contribution is 7.14. The van der Waals surface area contributed by atoms with E-state index in [2.05, 4.69) is 15.5 Å². The summed E-state index contributed by atoms with van der Waals surface area (Å²) in [5.74, 6) is -0.365. The second-order valence-corrected chi connectivity index (χ2v) is 5.89. The molecule has 0 saturated heterocycles. The smallest absolute Gasteiger partial charge is 0.236 e. The van der Waals surface area contributed by atoms with E-state index in [1.54, 1.807) is 10.3 Å². The summed E-state index contributed by atoms with van der Waals surface area (Å²) in [6.45, 7) is 6.87. The summed E-state index contributed by atoms with van der Waals surface area (Å²) in [5, 5.41) is 6.12. The van der Waals surface area contributed by atoms with Gasteiger partial charge in [-0.3, -0.25) is 14.5 Å². The molecule has 0 atom stereocenters. The van der Waals surface area contributed by atoms with E-state index in [1.807, 2.05) is 32.0 Å². The normalized spacial score (nSPS) is 10.8. The number of benzene rings is 1. The van der Waals surface area contributed by atoms with E-state index in [9.17, 15) is 9.59 Å². The summed E-state index contributed by atoms with van der Waals surface area (Å²) in [6.07, 6.45) is 1.45. The first-order chi connectivity index (χ1) is 10.9. The van der Waals surface area contributed by atoms with Gasteiger partial charge in [0.15, 0.2) is 5.13 Å². The van der Waals surface area contributed by atoms with Gasteiger partial charge in [-0.1, -0.05) is 12.1 Å². The zero-order chi connectivity index (χ0) is 17.0. The Morgan fingerprint density at radius 2 is 2.04 bits per heavy atom. The van der Waals surface area contributed by atoms with Gasteiger partial charge in [0.05, 0.1) is 17.6 Å². The third kappa shape index (κ3) is 4.01. The first-order valence-corrected chi connectivity index (χ1v) is 7.90. The molecule has 2 amide bonds. The fourth-order valence-corrected chi connectivity index (χ4v) is 2.84. The minimum atomic E-state index is -0.252. The van der Waals surface area contributed by atoms with Crippen molar-refractivity contribution in [2.24, 2.45) is 5.10 Å². The molecule has 0 saturated carbocycles. The largest absolute Gasteiger partial charge is 0.274 e. The Balaban J connectivity index is 2.34. The lowest BCUT2D eigenvalue weighted by molar-refractivity contribution is -0.119. The van der Waals surface area contributed by atoms with Gasteiger partial charge < -0.3 is 0 Å². The molecule has 1 heterocycles. The highest BCUT2D eigenvalue weighted by Gasteiger charge is 2.19. The van der Waals surface area contributed by atoms with E-state index in [-0.39, 0.29) is 11.8 Å². The van der Waals surface area contributed by atoms with Crippen LogP contribution in [0.25, 0.3) is 0 Å². The number of rotatable bonds is 4. The number of nitrogens with one attached hydrogen (secondary N) is 1. The van der Waals surface area contributed by atoms with Crippen molar-refractivity contribution in [1.29, 1.82) is 0 Å². The number of aryl methyl sites for hydroxylation is 1. The first kappa shape index (κ1) is 16.8. The molecule has 120 valence electrons. The van der Waals surface area contributed by atoms with Crippen LogP contribution in [0.15, 0.2) is 28.7 Å². The van der Waals surface area contributed by atoms with Crippen molar-refractivity contribution < 1.29 is 9.59 Å². The number of thiazole rings is 1. The molecular weight excluding hydrogens is 312 g/mol. The summed E-state index contributed by atoms with van der Waals surface area (Å²) in [5.41, 5.74) is 5.86. The second-order valence-electron chi connectivity index (χ2n) is 5.05. The molecule has 0 aliphatic heterocycles. The van der Waals surface area contributed by atoms with Crippen LogP contribution in [0.1, 0.15) is 30.7 Å². The average Bonchev–Trinajstić information content (AvgIpc) is 2.91. The minimum absolute atomic E-state index is 0.113. The number of hydrazone groups is 1. The Kier molecular flexibility index (Phi) is 5.23. The van der Waals surface area contributed by atoms with Crippen LogP contribution in [0.3, 0.4) is 0 Å². The van der Waals surface area contributed by atoms with Gasteiger partial charge in [-0.15, -0.1) is 11.3 Å². The van der Waals surface area contributed by atoms with Crippen LogP contribution < -0.4 is 10.3 Å². The Morgan fingerprint density at radius 1 is 1.30 bits per heavy atom. The maximum absolute atomic E-state index is 12.1. The Labute approximate surface area is 138 Å². The van der Waals surface area contributed by atoms with E-state index in [0.29, 0.717) is 10.8 Å². The van der Waals surface area contributed by atoms with E-state index in [1.165, 1.54) is 31.4 Å². The Bertz CT molecular complexity index is 767. The fraction of sp³-hybridized carbons (Fsp3) is 0.250. The molecule has 1 aromatic heterocycles. The molecular formula is C16H18N4O2S. The van der Waals surface area contributed by atoms with Crippen molar-refractivity contribution in [2.75, 3.05) is 4.90 Å². The maximum atomic E-state index is 12.1. The maximum Gasteiger partial charge on any atom is 0.236 e. The monoisotopic (exact) mass is 330 g/mol. The van der Waals surface area contributed by atoms with Crippen LogP contribution in [0.5, 0.6) is 0 Å². The molecule has 23 heavy (non-hydrogen) atoms. The van der Waals surface area contributed by atoms with Crippen molar-refractivity contribution in [1.82, 2.24) is 10.4 Å². The molecule has 0 spiro atoms. The zero-order valence-corrected chi connectivity index (χ0v) is 14.3. The van der Waals surface area contributed by atoms with Crippen LogP contribution in [-0.4, -0.2) is 23.0 Å². The van der Waals surface area contributed by atoms with Gasteiger partial charge in [-0.2, -0.15) is 5.10 Å². The lowest BCUT2D eigenvalue weighted by Gasteiger charge is -2.21. The van der Waals surface area contributed by atoms with Crippen molar-refractivity contribution in [2.45, 2.75) is 27.7 Å². The van der Waals surface area contributed by atoms with Gasteiger partial charge in [0, 0.05) is 19.2 Å². The molecule has 0 unspecified atom stereocenters.